The molecule has 0 aliphatic heterocycles. The topological polar surface area (TPSA) is 6.48 Å². The molecule has 0 saturated carbocycles. The van der Waals surface area contributed by atoms with Gasteiger partial charge < -0.3 is 9.80 Å². The van der Waals surface area contributed by atoms with E-state index >= 15 is 0 Å². The van der Waals surface area contributed by atoms with Crippen LogP contribution in [0.4, 0.5) is 34.1 Å². The lowest BCUT2D eigenvalue weighted by Gasteiger charge is -2.28. The van der Waals surface area contributed by atoms with Crippen LogP contribution in [0.5, 0.6) is 0 Å². The molecule has 0 unspecified atom stereocenters. The standard InChI is InChI=1S/C43H42N2/c1-7-35-14-24-41(25-15-35)45(40-22-12-32(4)13-23-40)43-27-17-37(29-34(43)6)36-16-26-42(33(5)28-36)44(38-18-8-30(2)9-19-38)39-20-10-31(3)11-21-39/h8-29H,7H2,1-6H3. The molecule has 2 heteroatoms. The Balaban J connectivity index is 1.38. The van der Waals surface area contributed by atoms with Gasteiger partial charge in [-0.2, -0.15) is 0 Å². The summed E-state index contributed by atoms with van der Waals surface area (Å²) in [5, 5.41) is 0. The number of benzene rings is 6. The fraction of sp³-hybridized carbons (Fsp3) is 0.163. The summed E-state index contributed by atoms with van der Waals surface area (Å²) in [6, 6.07) is 49.0. The molecule has 0 aliphatic rings. The van der Waals surface area contributed by atoms with E-state index in [1.54, 1.807) is 0 Å². The van der Waals surface area contributed by atoms with E-state index in [-0.39, 0.29) is 0 Å². The van der Waals surface area contributed by atoms with Crippen LogP contribution in [0.15, 0.2) is 133 Å². The molecular formula is C43H42N2. The predicted octanol–water partition coefficient (Wildman–Crippen LogP) is 12.4. The van der Waals surface area contributed by atoms with Crippen molar-refractivity contribution in [2.24, 2.45) is 0 Å². The monoisotopic (exact) mass is 586 g/mol. The maximum absolute atomic E-state index is 2.37. The largest absolute Gasteiger partial charge is 0.310 e. The Morgan fingerprint density at radius 3 is 0.978 bits per heavy atom. The van der Waals surface area contributed by atoms with Crippen LogP contribution in [0.25, 0.3) is 11.1 Å². The first-order valence-electron chi connectivity index (χ1n) is 15.9. The number of aryl methyl sites for hydroxylation is 6. The predicted molar refractivity (Wildman–Crippen MR) is 194 cm³/mol. The lowest BCUT2D eigenvalue weighted by Crippen LogP contribution is -2.12. The molecule has 2 nitrogen and oxygen atoms in total. The van der Waals surface area contributed by atoms with Crippen LogP contribution < -0.4 is 9.80 Å². The highest BCUT2D eigenvalue weighted by molar-refractivity contribution is 5.83. The Bertz CT molecular complexity index is 1850. The van der Waals surface area contributed by atoms with Crippen molar-refractivity contribution in [3.05, 3.63) is 167 Å². The van der Waals surface area contributed by atoms with Gasteiger partial charge in [0.15, 0.2) is 0 Å². The Kier molecular flexibility index (Phi) is 8.58. The molecule has 0 bridgehead atoms. The molecule has 6 rings (SSSR count). The van der Waals surface area contributed by atoms with Crippen molar-refractivity contribution in [1.82, 2.24) is 0 Å². The minimum Gasteiger partial charge on any atom is -0.310 e. The summed E-state index contributed by atoms with van der Waals surface area (Å²) in [4.78, 5) is 4.73. The van der Waals surface area contributed by atoms with E-state index < -0.39 is 0 Å². The van der Waals surface area contributed by atoms with E-state index in [0.29, 0.717) is 0 Å². The summed E-state index contributed by atoms with van der Waals surface area (Å²) in [5.41, 5.74) is 17.0. The summed E-state index contributed by atoms with van der Waals surface area (Å²) < 4.78 is 0. The van der Waals surface area contributed by atoms with Gasteiger partial charge in [0, 0.05) is 34.1 Å². The minimum atomic E-state index is 1.03. The second kappa shape index (κ2) is 12.9. The van der Waals surface area contributed by atoms with Gasteiger partial charge in [0.25, 0.3) is 0 Å². The Labute approximate surface area is 269 Å². The molecule has 0 aliphatic carbocycles. The molecule has 0 saturated heterocycles. The van der Waals surface area contributed by atoms with Crippen LogP contribution >= 0.6 is 0 Å². The van der Waals surface area contributed by atoms with Gasteiger partial charge in [-0.1, -0.05) is 84.3 Å². The lowest BCUT2D eigenvalue weighted by molar-refractivity contribution is 1.13. The fourth-order valence-electron chi connectivity index (χ4n) is 5.99. The zero-order valence-corrected chi connectivity index (χ0v) is 27.3. The van der Waals surface area contributed by atoms with E-state index in [4.69, 9.17) is 0 Å². The van der Waals surface area contributed by atoms with Gasteiger partial charge in [0.2, 0.25) is 0 Å². The van der Waals surface area contributed by atoms with Crippen LogP contribution in [0.2, 0.25) is 0 Å². The van der Waals surface area contributed by atoms with Gasteiger partial charge in [0.1, 0.15) is 0 Å². The molecular weight excluding hydrogens is 544 g/mol. The maximum Gasteiger partial charge on any atom is 0.0491 e. The van der Waals surface area contributed by atoms with Crippen LogP contribution in [0, 0.1) is 34.6 Å². The normalized spacial score (nSPS) is 11.0. The molecule has 0 atom stereocenters. The molecule has 0 amide bonds. The van der Waals surface area contributed by atoms with Crippen LogP contribution in [0.3, 0.4) is 0 Å². The Morgan fingerprint density at radius 1 is 0.378 bits per heavy atom. The summed E-state index contributed by atoms with van der Waals surface area (Å²) in [6.07, 6.45) is 1.03. The molecule has 224 valence electrons. The second-order valence-electron chi connectivity index (χ2n) is 12.2. The molecule has 45 heavy (non-hydrogen) atoms. The molecule has 0 spiro atoms. The zero-order valence-electron chi connectivity index (χ0n) is 27.3. The van der Waals surface area contributed by atoms with Crippen molar-refractivity contribution < 1.29 is 0 Å². The van der Waals surface area contributed by atoms with Crippen LogP contribution in [0.1, 0.15) is 40.3 Å². The molecule has 6 aromatic rings. The highest BCUT2D eigenvalue weighted by Gasteiger charge is 2.18. The van der Waals surface area contributed by atoms with E-state index in [1.165, 1.54) is 61.6 Å². The average Bonchev–Trinajstić information content (AvgIpc) is 3.05. The van der Waals surface area contributed by atoms with Crippen molar-refractivity contribution in [2.75, 3.05) is 9.80 Å². The third-order valence-electron chi connectivity index (χ3n) is 8.69. The molecule has 0 N–H and O–H groups in total. The summed E-state index contributed by atoms with van der Waals surface area (Å²) in [7, 11) is 0. The van der Waals surface area contributed by atoms with Gasteiger partial charge >= 0.3 is 0 Å². The number of anilines is 6. The van der Waals surface area contributed by atoms with E-state index in [0.717, 1.165) is 23.5 Å². The fourth-order valence-corrected chi connectivity index (χ4v) is 5.99. The lowest BCUT2D eigenvalue weighted by atomic mass is 9.98. The Morgan fingerprint density at radius 2 is 0.689 bits per heavy atom. The quantitative estimate of drug-likeness (QED) is 0.175. The molecule has 6 aromatic carbocycles. The zero-order chi connectivity index (χ0) is 31.5. The summed E-state index contributed by atoms with van der Waals surface area (Å²) in [6.45, 7) is 13.0. The first-order valence-corrected chi connectivity index (χ1v) is 15.9. The van der Waals surface area contributed by atoms with Crippen LogP contribution in [-0.4, -0.2) is 0 Å². The molecule has 0 heterocycles. The van der Waals surface area contributed by atoms with Gasteiger partial charge in [-0.05, 0) is 142 Å². The minimum absolute atomic E-state index is 1.03. The third-order valence-corrected chi connectivity index (χ3v) is 8.69. The third kappa shape index (κ3) is 6.42. The second-order valence-corrected chi connectivity index (χ2v) is 12.2. The van der Waals surface area contributed by atoms with Gasteiger partial charge in [0.05, 0.1) is 0 Å². The first kappa shape index (κ1) is 30.0. The maximum atomic E-state index is 2.37. The van der Waals surface area contributed by atoms with Crippen molar-refractivity contribution >= 4 is 34.1 Å². The van der Waals surface area contributed by atoms with Gasteiger partial charge in [-0.25, -0.2) is 0 Å². The van der Waals surface area contributed by atoms with Crippen LogP contribution in [-0.2, 0) is 6.42 Å². The van der Waals surface area contributed by atoms with Crippen molar-refractivity contribution in [2.45, 2.75) is 48.0 Å². The van der Waals surface area contributed by atoms with E-state index in [1.807, 2.05) is 0 Å². The molecule has 0 aromatic heterocycles. The van der Waals surface area contributed by atoms with Crippen molar-refractivity contribution in [3.63, 3.8) is 0 Å². The Hall–Kier alpha value is -5.08. The molecule has 0 fully saturated rings. The summed E-state index contributed by atoms with van der Waals surface area (Å²) in [5.74, 6) is 0. The number of hydrogen-bond acceptors (Lipinski definition) is 2. The summed E-state index contributed by atoms with van der Waals surface area (Å²) >= 11 is 0. The highest BCUT2D eigenvalue weighted by atomic mass is 15.1. The van der Waals surface area contributed by atoms with E-state index in [2.05, 4.69) is 185 Å². The number of nitrogens with zero attached hydrogens (tertiary/aromatic N) is 2. The SMILES string of the molecule is CCc1ccc(N(c2ccc(C)cc2)c2ccc(-c3ccc(N(c4ccc(C)cc4)c4ccc(C)cc4)c(C)c3)cc2C)cc1. The van der Waals surface area contributed by atoms with E-state index in [9.17, 15) is 0 Å². The van der Waals surface area contributed by atoms with Gasteiger partial charge in [-0.3, -0.25) is 0 Å². The smallest absolute Gasteiger partial charge is 0.0491 e. The van der Waals surface area contributed by atoms with Crippen molar-refractivity contribution in [1.29, 1.82) is 0 Å². The first-order chi connectivity index (χ1) is 21.8. The number of hydrogen-bond donors (Lipinski definition) is 0. The highest BCUT2D eigenvalue weighted by Crippen LogP contribution is 2.41. The molecule has 0 radical (unpaired) electrons. The number of rotatable bonds is 8. The van der Waals surface area contributed by atoms with Crippen molar-refractivity contribution in [3.8, 4) is 11.1 Å². The van der Waals surface area contributed by atoms with Gasteiger partial charge in [-0.15, -0.1) is 0 Å². The average molecular weight is 587 g/mol.